The van der Waals surface area contributed by atoms with Crippen molar-refractivity contribution in [1.82, 2.24) is 4.57 Å². The summed E-state index contributed by atoms with van der Waals surface area (Å²) < 4.78 is 2.56. The lowest BCUT2D eigenvalue weighted by Gasteiger charge is -2.33. The van der Waals surface area contributed by atoms with Crippen molar-refractivity contribution in [2.45, 2.75) is 37.5 Å². The molecular weight excluding hydrogens is 591 g/mol. The molecule has 0 aliphatic heterocycles. The highest BCUT2D eigenvalue weighted by atomic mass is 15.0. The lowest BCUT2D eigenvalue weighted by atomic mass is 9.73. The maximum Gasteiger partial charge on any atom is 0.0544 e. The summed E-state index contributed by atoms with van der Waals surface area (Å²) in [5.41, 5.74) is 15.3. The van der Waals surface area contributed by atoms with E-state index < -0.39 is 0 Å². The molecule has 4 unspecified atom stereocenters. The zero-order valence-corrected chi connectivity index (χ0v) is 27.7. The van der Waals surface area contributed by atoms with Crippen molar-refractivity contribution in [2.24, 2.45) is 11.8 Å². The Kier molecular flexibility index (Phi) is 6.79. The monoisotopic (exact) mass is 629 g/mol. The van der Waals surface area contributed by atoms with E-state index in [0.29, 0.717) is 17.8 Å². The molecule has 1 heterocycles. The summed E-state index contributed by atoms with van der Waals surface area (Å²) in [6.07, 6.45) is 43.8. The fraction of sp³-hybridized carbons (Fsp3) is 0.167. The second kappa shape index (κ2) is 11.6. The van der Waals surface area contributed by atoms with E-state index in [0.717, 1.165) is 25.7 Å². The molecule has 3 aromatic carbocycles. The molecule has 6 aliphatic carbocycles. The molecule has 1 heteroatoms. The van der Waals surface area contributed by atoms with Crippen LogP contribution in [0.2, 0.25) is 0 Å². The number of benzene rings is 3. The van der Waals surface area contributed by atoms with E-state index in [4.69, 9.17) is 0 Å². The topological polar surface area (TPSA) is 4.93 Å². The number of allylic oxidation sites excluding steroid dienone is 22. The minimum atomic E-state index is 0.215. The van der Waals surface area contributed by atoms with Gasteiger partial charge in [-0.15, -0.1) is 0 Å². The van der Waals surface area contributed by atoms with Gasteiger partial charge in [0.2, 0.25) is 0 Å². The Bertz CT molecular complexity index is 2400. The van der Waals surface area contributed by atoms with Crippen molar-refractivity contribution in [1.29, 1.82) is 0 Å². The van der Waals surface area contributed by atoms with E-state index in [1.54, 1.807) is 0 Å². The van der Waals surface area contributed by atoms with Crippen LogP contribution in [0.5, 0.6) is 0 Å². The van der Waals surface area contributed by atoms with Gasteiger partial charge in [-0.25, -0.2) is 0 Å². The first-order valence-corrected chi connectivity index (χ1v) is 18.0. The third-order valence-electron chi connectivity index (χ3n) is 11.5. The fourth-order valence-corrected chi connectivity index (χ4v) is 9.27. The molecule has 4 aromatic rings. The fourth-order valence-electron chi connectivity index (χ4n) is 9.27. The Hall–Kier alpha value is -5.40. The summed E-state index contributed by atoms with van der Waals surface area (Å²) in [4.78, 5) is 0. The first kappa shape index (κ1) is 28.6. The van der Waals surface area contributed by atoms with Crippen LogP contribution in [0.15, 0.2) is 181 Å². The van der Waals surface area contributed by atoms with Crippen LogP contribution in [0.3, 0.4) is 0 Å². The molecule has 0 fully saturated rings. The molecule has 0 N–H and O–H groups in total. The van der Waals surface area contributed by atoms with Crippen LogP contribution in [0.1, 0.15) is 53.4 Å². The summed E-state index contributed by atoms with van der Waals surface area (Å²) >= 11 is 0. The first-order valence-electron chi connectivity index (χ1n) is 18.0. The van der Waals surface area contributed by atoms with Crippen molar-refractivity contribution in [3.63, 3.8) is 0 Å². The minimum Gasteiger partial charge on any atom is -0.309 e. The van der Waals surface area contributed by atoms with Crippen molar-refractivity contribution in [3.8, 4) is 0 Å². The zero-order valence-electron chi connectivity index (χ0n) is 27.7. The SMILES string of the molecule is C1=CCC(c2cccc(C3=C4C=CC=CC4c4c(ccc5c4c4ccccc4n5C4=C5C=CC=CC5C(C5=CCCC=C5)C=C4)C3)c2)C=C1. The van der Waals surface area contributed by atoms with E-state index in [9.17, 15) is 0 Å². The molecule has 6 aliphatic rings. The average molecular weight is 630 g/mol. The summed E-state index contributed by atoms with van der Waals surface area (Å²) in [6, 6.07) is 23.3. The van der Waals surface area contributed by atoms with Gasteiger partial charge in [0.1, 0.15) is 0 Å². The molecule has 0 spiro atoms. The molecule has 0 bridgehead atoms. The highest BCUT2D eigenvalue weighted by Gasteiger charge is 2.33. The third kappa shape index (κ3) is 4.60. The standard InChI is InChI=1S/C48H39N/c1-3-14-32(15-4-1)34-18-13-19-35(30-34)43-31-36-26-28-46-48(47(36)41-23-10-8-21-39(41)43)42-24-11-12-25-44(42)49(46)45-29-27-37(33-16-5-2-6-17-33)38-20-7-9-22-40(38)45/h1,3-5,7-14,16-30,32,37-38,41H,2,6,15,31H2. The molecule has 236 valence electrons. The number of hydrogen-bond donors (Lipinski definition) is 0. The Balaban J connectivity index is 1.14. The molecule has 0 amide bonds. The van der Waals surface area contributed by atoms with Gasteiger partial charge in [0.15, 0.2) is 0 Å². The van der Waals surface area contributed by atoms with Crippen LogP contribution in [0.4, 0.5) is 0 Å². The molecular formula is C48H39N. The van der Waals surface area contributed by atoms with Crippen molar-refractivity contribution in [3.05, 3.63) is 203 Å². The minimum absolute atomic E-state index is 0.215. The normalized spacial score (nSPS) is 24.9. The molecule has 0 radical (unpaired) electrons. The number of fused-ring (bicyclic) bond motifs is 8. The van der Waals surface area contributed by atoms with E-state index >= 15 is 0 Å². The van der Waals surface area contributed by atoms with Gasteiger partial charge in [0.25, 0.3) is 0 Å². The Morgan fingerprint density at radius 3 is 2.43 bits per heavy atom. The predicted octanol–water partition coefficient (Wildman–Crippen LogP) is 12.0. The van der Waals surface area contributed by atoms with Gasteiger partial charge in [0.05, 0.1) is 11.0 Å². The largest absolute Gasteiger partial charge is 0.309 e. The highest BCUT2D eigenvalue weighted by Crippen LogP contribution is 2.50. The molecule has 4 atom stereocenters. The van der Waals surface area contributed by atoms with Gasteiger partial charge in [-0.2, -0.15) is 0 Å². The Morgan fingerprint density at radius 1 is 0.633 bits per heavy atom. The van der Waals surface area contributed by atoms with Crippen LogP contribution < -0.4 is 0 Å². The molecule has 0 saturated heterocycles. The molecule has 1 nitrogen and oxygen atoms in total. The summed E-state index contributed by atoms with van der Waals surface area (Å²) in [5, 5.41) is 2.74. The van der Waals surface area contributed by atoms with Crippen molar-refractivity contribution < 1.29 is 0 Å². The Morgan fingerprint density at radius 2 is 1.53 bits per heavy atom. The second-order valence-electron chi connectivity index (χ2n) is 14.2. The van der Waals surface area contributed by atoms with E-state index in [1.807, 2.05) is 0 Å². The van der Waals surface area contributed by atoms with Crippen molar-refractivity contribution >= 4 is 33.1 Å². The smallest absolute Gasteiger partial charge is 0.0544 e. The first-order chi connectivity index (χ1) is 24.3. The van der Waals surface area contributed by atoms with Crippen LogP contribution in [0, 0.1) is 11.8 Å². The van der Waals surface area contributed by atoms with Crippen LogP contribution in [-0.4, -0.2) is 4.57 Å². The predicted molar refractivity (Wildman–Crippen MR) is 207 cm³/mol. The average Bonchev–Trinajstić information content (AvgIpc) is 3.52. The third-order valence-corrected chi connectivity index (χ3v) is 11.5. The molecule has 49 heavy (non-hydrogen) atoms. The van der Waals surface area contributed by atoms with E-state index in [1.165, 1.54) is 72.0 Å². The number of rotatable bonds is 4. The van der Waals surface area contributed by atoms with E-state index in [2.05, 4.69) is 169 Å². The molecule has 0 saturated carbocycles. The van der Waals surface area contributed by atoms with Gasteiger partial charge in [0, 0.05) is 40.1 Å². The molecule has 1 aromatic heterocycles. The zero-order chi connectivity index (χ0) is 32.3. The Labute approximate surface area is 289 Å². The number of hydrogen-bond acceptors (Lipinski definition) is 0. The number of para-hydroxylation sites is 1. The van der Waals surface area contributed by atoms with E-state index in [-0.39, 0.29) is 5.92 Å². The summed E-state index contributed by atoms with van der Waals surface area (Å²) in [6.45, 7) is 0. The van der Waals surface area contributed by atoms with Gasteiger partial charge < -0.3 is 4.57 Å². The van der Waals surface area contributed by atoms with Gasteiger partial charge in [-0.05, 0) is 88.4 Å². The molecule has 10 rings (SSSR count). The van der Waals surface area contributed by atoms with Gasteiger partial charge in [-0.3, -0.25) is 0 Å². The lowest BCUT2D eigenvalue weighted by Crippen LogP contribution is -2.21. The van der Waals surface area contributed by atoms with Gasteiger partial charge in [-0.1, -0.05) is 146 Å². The maximum absolute atomic E-state index is 2.56. The number of nitrogens with zero attached hydrogens (tertiary/aromatic N) is 1. The van der Waals surface area contributed by atoms with Crippen LogP contribution >= 0.6 is 0 Å². The van der Waals surface area contributed by atoms with Gasteiger partial charge >= 0.3 is 0 Å². The number of aromatic nitrogens is 1. The second-order valence-corrected chi connectivity index (χ2v) is 14.2. The summed E-state index contributed by atoms with van der Waals surface area (Å²) in [5.74, 6) is 1.35. The van der Waals surface area contributed by atoms with Crippen molar-refractivity contribution in [2.75, 3.05) is 0 Å². The quantitative estimate of drug-likeness (QED) is 0.212. The van der Waals surface area contributed by atoms with Crippen LogP contribution in [-0.2, 0) is 6.42 Å². The van der Waals surface area contributed by atoms with Crippen LogP contribution in [0.25, 0.3) is 33.1 Å². The maximum atomic E-state index is 2.56. The summed E-state index contributed by atoms with van der Waals surface area (Å²) in [7, 11) is 0. The highest BCUT2D eigenvalue weighted by molar-refractivity contribution is 6.13. The lowest BCUT2D eigenvalue weighted by molar-refractivity contribution is 0.613.